The second-order valence-electron chi connectivity index (χ2n) is 6.54. The third kappa shape index (κ3) is 5.32. The van der Waals surface area contributed by atoms with Crippen LogP contribution < -0.4 is 14.8 Å². The van der Waals surface area contributed by atoms with E-state index >= 15 is 0 Å². The predicted molar refractivity (Wildman–Crippen MR) is 110 cm³/mol. The molecule has 0 saturated carbocycles. The Labute approximate surface area is 178 Å². The molecule has 0 aliphatic carbocycles. The third-order valence-electron chi connectivity index (χ3n) is 4.22. The number of anilines is 1. The van der Waals surface area contributed by atoms with Crippen molar-refractivity contribution in [3.8, 4) is 11.5 Å². The highest BCUT2D eigenvalue weighted by Gasteiger charge is 2.23. The smallest absolute Gasteiger partial charge is 0.340 e. The van der Waals surface area contributed by atoms with Gasteiger partial charge in [0.15, 0.2) is 11.5 Å². The van der Waals surface area contributed by atoms with E-state index in [9.17, 15) is 9.59 Å². The second-order valence-corrected chi connectivity index (χ2v) is 7.39. The summed E-state index contributed by atoms with van der Waals surface area (Å²) in [7, 11) is 3.02. The summed E-state index contributed by atoms with van der Waals surface area (Å²) in [5.74, 6) is 0.387. The molecule has 154 valence electrons. The zero-order valence-corrected chi connectivity index (χ0v) is 17.4. The van der Waals surface area contributed by atoms with Crippen LogP contribution in [0, 0.1) is 0 Å². The number of hydrogen-bond acceptors (Lipinski definition) is 6. The molecule has 1 aliphatic heterocycles. The zero-order valence-electron chi connectivity index (χ0n) is 15.9. The van der Waals surface area contributed by atoms with Gasteiger partial charge in [-0.25, -0.2) is 4.79 Å². The van der Waals surface area contributed by atoms with Crippen molar-refractivity contribution in [2.24, 2.45) is 0 Å². The minimum Gasteiger partial charge on any atom is -0.486 e. The Morgan fingerprint density at radius 1 is 1.24 bits per heavy atom. The maximum Gasteiger partial charge on any atom is 0.340 e. The molecule has 1 amide bonds. The topological polar surface area (TPSA) is 77.1 Å². The van der Waals surface area contributed by atoms with Crippen LogP contribution >= 0.6 is 23.2 Å². The average molecular weight is 439 g/mol. The Bertz CT molecular complexity index is 922. The molecule has 0 radical (unpaired) electrons. The first-order valence-corrected chi connectivity index (χ1v) is 9.57. The highest BCUT2D eigenvalue weighted by molar-refractivity contribution is 6.37. The van der Waals surface area contributed by atoms with Gasteiger partial charge < -0.3 is 19.5 Å². The zero-order chi connectivity index (χ0) is 21.0. The summed E-state index contributed by atoms with van der Waals surface area (Å²) in [5, 5.41) is 3.07. The number of likely N-dealkylation sites (N-methyl/N-ethyl adjacent to an activating group) is 1. The molecule has 29 heavy (non-hydrogen) atoms. The number of benzene rings is 2. The van der Waals surface area contributed by atoms with Gasteiger partial charge in [-0.1, -0.05) is 35.3 Å². The van der Waals surface area contributed by atoms with Crippen LogP contribution in [-0.4, -0.2) is 56.7 Å². The molecule has 1 N–H and O–H groups in total. The minimum atomic E-state index is -0.649. The lowest BCUT2D eigenvalue weighted by molar-refractivity contribution is -0.117. The molecule has 0 fully saturated rings. The number of para-hydroxylation sites is 2. The molecule has 1 unspecified atom stereocenters. The van der Waals surface area contributed by atoms with E-state index in [1.54, 1.807) is 11.9 Å². The number of nitrogens with one attached hydrogen (secondary N) is 1. The second kappa shape index (κ2) is 9.35. The standard InChI is InChI=1S/C20H20Cl2N2O5/c1-24(9-13-11-28-16-5-3-4-6-17(16)29-13)10-18(25)23-19-14(20(26)27-2)7-12(21)8-15(19)22/h3-8,13H,9-11H2,1-2H3,(H,23,25). The van der Waals surface area contributed by atoms with Crippen molar-refractivity contribution in [3.05, 3.63) is 52.0 Å². The molecule has 0 saturated heterocycles. The van der Waals surface area contributed by atoms with Crippen LogP contribution in [0.15, 0.2) is 36.4 Å². The lowest BCUT2D eigenvalue weighted by Crippen LogP contribution is -2.42. The van der Waals surface area contributed by atoms with Gasteiger partial charge in [0.2, 0.25) is 5.91 Å². The first-order valence-electron chi connectivity index (χ1n) is 8.81. The van der Waals surface area contributed by atoms with Crippen molar-refractivity contribution in [2.75, 3.05) is 39.2 Å². The van der Waals surface area contributed by atoms with Crippen LogP contribution in [0.2, 0.25) is 10.0 Å². The summed E-state index contributed by atoms with van der Waals surface area (Å²) in [5.41, 5.74) is 0.245. The Balaban J connectivity index is 1.61. The number of methoxy groups -OCH3 is 1. The first kappa shape index (κ1) is 21.2. The van der Waals surface area contributed by atoms with Crippen LogP contribution in [0.25, 0.3) is 0 Å². The number of nitrogens with zero attached hydrogens (tertiary/aromatic N) is 1. The van der Waals surface area contributed by atoms with Crippen molar-refractivity contribution in [3.63, 3.8) is 0 Å². The Kier molecular flexibility index (Phi) is 6.84. The van der Waals surface area contributed by atoms with Crippen LogP contribution in [0.3, 0.4) is 0 Å². The van der Waals surface area contributed by atoms with E-state index in [4.69, 9.17) is 37.4 Å². The highest BCUT2D eigenvalue weighted by Crippen LogP contribution is 2.32. The number of halogens is 2. The molecule has 0 bridgehead atoms. The van der Waals surface area contributed by atoms with E-state index in [-0.39, 0.29) is 39.9 Å². The summed E-state index contributed by atoms with van der Waals surface area (Å²) < 4.78 is 16.3. The van der Waals surface area contributed by atoms with E-state index in [2.05, 4.69) is 5.32 Å². The van der Waals surface area contributed by atoms with Gasteiger partial charge in [0.25, 0.3) is 0 Å². The van der Waals surface area contributed by atoms with Crippen molar-refractivity contribution in [2.45, 2.75) is 6.10 Å². The monoisotopic (exact) mass is 438 g/mol. The van der Waals surface area contributed by atoms with Crippen molar-refractivity contribution >= 4 is 40.8 Å². The average Bonchev–Trinajstić information content (AvgIpc) is 2.69. The SMILES string of the molecule is COC(=O)c1cc(Cl)cc(Cl)c1NC(=O)CN(C)CC1COc2ccccc2O1. The van der Waals surface area contributed by atoms with E-state index < -0.39 is 5.97 Å². The van der Waals surface area contributed by atoms with Gasteiger partial charge in [-0.15, -0.1) is 0 Å². The van der Waals surface area contributed by atoms with Gasteiger partial charge in [-0.3, -0.25) is 9.69 Å². The fraction of sp³-hybridized carbons (Fsp3) is 0.300. The summed E-state index contributed by atoms with van der Waals surface area (Å²) >= 11 is 12.1. The van der Waals surface area contributed by atoms with Gasteiger partial charge in [0.05, 0.1) is 29.9 Å². The fourth-order valence-corrected chi connectivity index (χ4v) is 3.50. The molecule has 1 heterocycles. The van der Waals surface area contributed by atoms with Gasteiger partial charge in [-0.2, -0.15) is 0 Å². The fourth-order valence-electron chi connectivity index (χ4n) is 2.96. The number of hydrogen-bond donors (Lipinski definition) is 1. The van der Waals surface area contributed by atoms with E-state index in [1.807, 2.05) is 24.3 Å². The molecule has 9 heteroatoms. The van der Waals surface area contributed by atoms with Crippen molar-refractivity contribution in [1.82, 2.24) is 4.90 Å². The summed E-state index contributed by atoms with van der Waals surface area (Å²) in [4.78, 5) is 26.3. The summed E-state index contributed by atoms with van der Waals surface area (Å²) in [6.45, 7) is 0.916. The van der Waals surface area contributed by atoms with Crippen LogP contribution in [0.1, 0.15) is 10.4 Å². The number of carbonyl (C=O) groups is 2. The van der Waals surface area contributed by atoms with Gasteiger partial charge in [0.1, 0.15) is 12.7 Å². The van der Waals surface area contributed by atoms with E-state index in [0.29, 0.717) is 24.7 Å². The number of carbonyl (C=O) groups excluding carboxylic acids is 2. The Morgan fingerprint density at radius 3 is 2.69 bits per heavy atom. The molecule has 0 spiro atoms. The quantitative estimate of drug-likeness (QED) is 0.695. The largest absolute Gasteiger partial charge is 0.486 e. The molecule has 1 aliphatic rings. The number of esters is 1. The molecular weight excluding hydrogens is 419 g/mol. The van der Waals surface area contributed by atoms with Crippen LogP contribution in [0.4, 0.5) is 5.69 Å². The highest BCUT2D eigenvalue weighted by atomic mass is 35.5. The van der Waals surface area contributed by atoms with Crippen LogP contribution in [-0.2, 0) is 9.53 Å². The predicted octanol–water partition coefficient (Wildman–Crippen LogP) is 3.49. The molecular formula is C20H20Cl2N2O5. The van der Waals surface area contributed by atoms with Gasteiger partial charge >= 0.3 is 5.97 Å². The van der Waals surface area contributed by atoms with E-state index in [1.165, 1.54) is 19.2 Å². The van der Waals surface area contributed by atoms with Crippen LogP contribution in [0.5, 0.6) is 11.5 Å². The maximum atomic E-state index is 12.5. The lowest BCUT2D eigenvalue weighted by Gasteiger charge is -2.29. The minimum absolute atomic E-state index is 0.0566. The molecule has 1 atom stereocenters. The lowest BCUT2D eigenvalue weighted by atomic mass is 10.1. The molecule has 7 nitrogen and oxygen atoms in total. The number of fused-ring (bicyclic) bond motifs is 1. The number of amides is 1. The Hall–Kier alpha value is -2.48. The van der Waals surface area contributed by atoms with Crippen molar-refractivity contribution < 1.29 is 23.8 Å². The maximum absolute atomic E-state index is 12.5. The molecule has 2 aromatic rings. The summed E-state index contributed by atoms with van der Waals surface area (Å²) in [6.07, 6.45) is -0.215. The molecule has 0 aromatic heterocycles. The number of ether oxygens (including phenoxy) is 3. The van der Waals surface area contributed by atoms with E-state index in [0.717, 1.165) is 0 Å². The Morgan fingerprint density at radius 2 is 1.97 bits per heavy atom. The third-order valence-corrected chi connectivity index (χ3v) is 4.74. The van der Waals surface area contributed by atoms with Gasteiger partial charge in [-0.05, 0) is 31.3 Å². The normalized spacial score (nSPS) is 15.1. The van der Waals surface area contributed by atoms with Crippen molar-refractivity contribution in [1.29, 1.82) is 0 Å². The first-order chi connectivity index (χ1) is 13.9. The molecule has 3 rings (SSSR count). The van der Waals surface area contributed by atoms with Gasteiger partial charge in [0, 0.05) is 11.6 Å². The summed E-state index contributed by atoms with van der Waals surface area (Å²) in [6, 6.07) is 10.3. The molecule has 2 aromatic carbocycles. The number of rotatable bonds is 6.